The van der Waals surface area contributed by atoms with Gasteiger partial charge in [0.1, 0.15) is 11.9 Å². The van der Waals surface area contributed by atoms with Crippen LogP contribution in [-0.4, -0.2) is 35.5 Å². The van der Waals surface area contributed by atoms with Crippen LogP contribution in [0.3, 0.4) is 0 Å². The molecular weight excluding hydrogens is 382 g/mol. The molecule has 0 spiro atoms. The van der Waals surface area contributed by atoms with Crippen LogP contribution in [0.25, 0.3) is 0 Å². The summed E-state index contributed by atoms with van der Waals surface area (Å²) < 4.78 is 16.8. The van der Waals surface area contributed by atoms with Crippen LogP contribution in [-0.2, 0) is 4.74 Å². The molecule has 7 nitrogen and oxygen atoms in total. The Bertz CT molecular complexity index is 867. The second-order valence-corrected chi connectivity index (χ2v) is 7.53. The van der Waals surface area contributed by atoms with E-state index >= 15 is 0 Å². The molecule has 0 amide bonds. The third kappa shape index (κ3) is 4.54. The van der Waals surface area contributed by atoms with Crippen LogP contribution in [0.4, 0.5) is 4.79 Å². The smallest absolute Gasteiger partial charge is 0.434 e. The summed E-state index contributed by atoms with van der Waals surface area (Å²) in [5.41, 5.74) is 2.10. The SMILES string of the molecule is Cc1cccc(C2CC2)c1Oc1nnc(Cl)cc1OC(=O)OC1CCCNC1. The summed E-state index contributed by atoms with van der Waals surface area (Å²) in [5.74, 6) is 1.37. The van der Waals surface area contributed by atoms with Crippen molar-refractivity contribution in [2.45, 2.75) is 44.6 Å². The lowest BCUT2D eigenvalue weighted by atomic mass is 10.1. The molecule has 0 bridgehead atoms. The Labute approximate surface area is 168 Å². The fourth-order valence-electron chi connectivity index (χ4n) is 3.28. The minimum Gasteiger partial charge on any atom is -0.434 e. The molecule has 1 unspecified atom stereocenters. The number of nitrogens with one attached hydrogen (secondary N) is 1. The first kappa shape index (κ1) is 19.0. The van der Waals surface area contributed by atoms with Gasteiger partial charge in [0.05, 0.1) is 0 Å². The van der Waals surface area contributed by atoms with E-state index in [4.69, 9.17) is 25.8 Å². The van der Waals surface area contributed by atoms with Gasteiger partial charge in [0.25, 0.3) is 5.88 Å². The minimum atomic E-state index is -0.810. The van der Waals surface area contributed by atoms with Crippen LogP contribution in [0, 0.1) is 6.92 Å². The molecule has 1 N–H and O–H groups in total. The van der Waals surface area contributed by atoms with E-state index in [2.05, 4.69) is 15.5 Å². The molecule has 1 aliphatic carbocycles. The topological polar surface area (TPSA) is 82.6 Å². The highest BCUT2D eigenvalue weighted by Crippen LogP contribution is 2.46. The largest absolute Gasteiger partial charge is 0.514 e. The number of nitrogens with zero attached hydrogens (tertiary/aromatic N) is 2. The molecule has 1 aromatic carbocycles. The van der Waals surface area contributed by atoms with E-state index < -0.39 is 6.16 Å². The average molecular weight is 404 g/mol. The number of carbonyl (C=O) groups excluding carboxylic acids is 1. The van der Waals surface area contributed by atoms with E-state index in [0.29, 0.717) is 12.5 Å². The molecular formula is C20H22ClN3O4. The molecule has 2 aromatic rings. The molecule has 28 heavy (non-hydrogen) atoms. The molecule has 1 saturated carbocycles. The predicted molar refractivity (Wildman–Crippen MR) is 103 cm³/mol. The summed E-state index contributed by atoms with van der Waals surface area (Å²) >= 11 is 5.95. The number of piperidine rings is 1. The van der Waals surface area contributed by atoms with Gasteiger partial charge < -0.3 is 19.5 Å². The van der Waals surface area contributed by atoms with Crippen molar-refractivity contribution in [3.8, 4) is 17.4 Å². The Morgan fingerprint density at radius 1 is 1.25 bits per heavy atom. The van der Waals surface area contributed by atoms with Crippen LogP contribution in [0.15, 0.2) is 24.3 Å². The van der Waals surface area contributed by atoms with Crippen molar-refractivity contribution in [1.82, 2.24) is 15.5 Å². The highest BCUT2D eigenvalue weighted by Gasteiger charge is 2.29. The van der Waals surface area contributed by atoms with Crippen molar-refractivity contribution in [2.24, 2.45) is 0 Å². The lowest BCUT2D eigenvalue weighted by Gasteiger charge is -2.22. The first-order chi connectivity index (χ1) is 13.6. The maximum absolute atomic E-state index is 12.2. The zero-order chi connectivity index (χ0) is 19.5. The predicted octanol–water partition coefficient (Wildman–Crippen LogP) is 4.38. The van der Waals surface area contributed by atoms with Crippen LogP contribution in [0.5, 0.6) is 17.4 Å². The van der Waals surface area contributed by atoms with Gasteiger partial charge in [-0.05, 0) is 56.2 Å². The average Bonchev–Trinajstić information content (AvgIpc) is 3.51. The Morgan fingerprint density at radius 3 is 2.86 bits per heavy atom. The number of carbonyl (C=O) groups is 1. The van der Waals surface area contributed by atoms with Crippen molar-refractivity contribution < 1.29 is 19.0 Å². The Kier molecular flexibility index (Phi) is 5.64. The lowest BCUT2D eigenvalue weighted by Crippen LogP contribution is -2.37. The van der Waals surface area contributed by atoms with Gasteiger partial charge in [0, 0.05) is 12.6 Å². The van der Waals surface area contributed by atoms with E-state index in [-0.39, 0.29) is 22.9 Å². The molecule has 148 valence electrons. The second-order valence-electron chi connectivity index (χ2n) is 7.14. The fourth-order valence-corrected chi connectivity index (χ4v) is 3.42. The molecule has 2 heterocycles. The first-order valence-corrected chi connectivity index (χ1v) is 9.87. The van der Waals surface area contributed by atoms with E-state index in [0.717, 1.165) is 49.1 Å². The Balaban J connectivity index is 1.53. The zero-order valence-electron chi connectivity index (χ0n) is 15.6. The quantitative estimate of drug-likeness (QED) is 0.742. The zero-order valence-corrected chi connectivity index (χ0v) is 16.4. The van der Waals surface area contributed by atoms with Crippen molar-refractivity contribution in [3.05, 3.63) is 40.5 Å². The highest BCUT2D eigenvalue weighted by molar-refractivity contribution is 6.29. The lowest BCUT2D eigenvalue weighted by molar-refractivity contribution is 0.0467. The number of ether oxygens (including phenoxy) is 3. The monoisotopic (exact) mass is 403 g/mol. The summed E-state index contributed by atoms with van der Waals surface area (Å²) in [6, 6.07) is 7.43. The molecule has 2 aliphatic rings. The van der Waals surface area contributed by atoms with Crippen molar-refractivity contribution >= 4 is 17.8 Å². The third-order valence-corrected chi connectivity index (χ3v) is 5.05. The number of rotatable bonds is 5. The number of benzene rings is 1. The van der Waals surface area contributed by atoms with E-state index in [1.807, 2.05) is 25.1 Å². The van der Waals surface area contributed by atoms with Crippen LogP contribution in [0.1, 0.15) is 42.7 Å². The van der Waals surface area contributed by atoms with Crippen LogP contribution in [0.2, 0.25) is 5.15 Å². The molecule has 0 radical (unpaired) electrons. The number of aryl methyl sites for hydroxylation is 1. The van der Waals surface area contributed by atoms with E-state index in [9.17, 15) is 4.79 Å². The number of hydrogen-bond acceptors (Lipinski definition) is 7. The van der Waals surface area contributed by atoms with Gasteiger partial charge in [-0.25, -0.2) is 4.79 Å². The van der Waals surface area contributed by atoms with Gasteiger partial charge in [-0.3, -0.25) is 0 Å². The maximum Gasteiger partial charge on any atom is 0.514 e. The number of para-hydroxylation sites is 1. The van der Waals surface area contributed by atoms with Crippen LogP contribution >= 0.6 is 11.6 Å². The molecule has 1 aliphatic heterocycles. The van der Waals surface area contributed by atoms with Gasteiger partial charge in [-0.1, -0.05) is 29.8 Å². The standard InChI is InChI=1S/C20H22ClN3O4/c1-12-4-2-6-15(13-7-8-13)18(12)28-19-16(10-17(21)23-24-19)27-20(25)26-14-5-3-9-22-11-14/h2,4,6,10,13-14,22H,3,5,7-9,11H2,1H3. The van der Waals surface area contributed by atoms with E-state index in [1.165, 1.54) is 6.07 Å². The van der Waals surface area contributed by atoms with Crippen molar-refractivity contribution in [1.29, 1.82) is 0 Å². The maximum atomic E-state index is 12.2. The van der Waals surface area contributed by atoms with Gasteiger partial charge in [-0.2, -0.15) is 0 Å². The number of hydrogen-bond donors (Lipinski definition) is 1. The van der Waals surface area contributed by atoms with Gasteiger partial charge >= 0.3 is 6.16 Å². The van der Waals surface area contributed by atoms with Gasteiger partial charge in [-0.15, -0.1) is 10.2 Å². The fraction of sp³-hybridized carbons (Fsp3) is 0.450. The summed E-state index contributed by atoms with van der Waals surface area (Å²) in [6.45, 7) is 3.51. The summed E-state index contributed by atoms with van der Waals surface area (Å²) in [6.07, 6.45) is 3.00. The Morgan fingerprint density at radius 2 is 2.11 bits per heavy atom. The molecule has 1 saturated heterocycles. The second kappa shape index (κ2) is 8.32. The van der Waals surface area contributed by atoms with Crippen molar-refractivity contribution in [2.75, 3.05) is 13.1 Å². The summed E-state index contributed by atoms with van der Waals surface area (Å²) in [5, 5.41) is 11.1. The van der Waals surface area contributed by atoms with E-state index in [1.54, 1.807) is 0 Å². The van der Waals surface area contributed by atoms with Gasteiger partial charge in [0.2, 0.25) is 5.75 Å². The highest BCUT2D eigenvalue weighted by atomic mass is 35.5. The minimum absolute atomic E-state index is 0.0822. The first-order valence-electron chi connectivity index (χ1n) is 9.50. The van der Waals surface area contributed by atoms with Gasteiger partial charge in [0.15, 0.2) is 5.15 Å². The number of aromatic nitrogens is 2. The molecule has 2 fully saturated rings. The molecule has 8 heteroatoms. The Hall–Kier alpha value is -2.38. The van der Waals surface area contributed by atoms with Crippen LogP contribution < -0.4 is 14.8 Å². The number of halogens is 1. The molecule has 1 aromatic heterocycles. The normalized spacial score (nSPS) is 19.1. The molecule has 4 rings (SSSR count). The summed E-state index contributed by atoms with van der Waals surface area (Å²) in [4.78, 5) is 12.2. The molecule has 1 atom stereocenters. The van der Waals surface area contributed by atoms with Crippen molar-refractivity contribution in [3.63, 3.8) is 0 Å². The summed E-state index contributed by atoms with van der Waals surface area (Å²) in [7, 11) is 0. The third-order valence-electron chi connectivity index (χ3n) is 4.86.